The molecule has 1 saturated carbocycles. The molecule has 1 aromatic heterocycles. The first-order chi connectivity index (χ1) is 22.7. The number of rotatable bonds is 7. The molecule has 1 spiro atoms. The standard InChI is InChI=1S/C33H38F2N5O7P/c1-38-14-13-36-30(38)32(47-2)18-39(19-32)29(43)26-8-7-24-9-10-31(11-12-31)17-25(28(42)40(24)26)37-27(41)21-4-3-20-5-6-23(16-22(20)15-21)33(34,35)48(44,45)46/h3-6,13-16,24-26H,7-12,17-19H2,1-2H3,(H,37,41)(H2,44,45,46)/t24-,25?,26+/m1/s1. The third kappa shape index (κ3) is 5.42. The molecule has 256 valence electrons. The number of likely N-dealkylation sites (tertiary alicyclic amines) is 1. The van der Waals surface area contributed by atoms with Gasteiger partial charge >= 0.3 is 13.3 Å². The van der Waals surface area contributed by atoms with Crippen LogP contribution in [0.1, 0.15) is 66.7 Å². The minimum Gasteiger partial charge on any atom is -0.367 e. The second-order valence-electron chi connectivity index (χ2n) is 13.9. The van der Waals surface area contributed by atoms with Crippen LogP contribution in [0.4, 0.5) is 8.78 Å². The maximum Gasteiger partial charge on any atom is 0.399 e. The van der Waals surface area contributed by atoms with E-state index in [1.807, 2.05) is 17.8 Å². The van der Waals surface area contributed by atoms with Crippen LogP contribution in [0.25, 0.3) is 10.8 Å². The fourth-order valence-corrected chi connectivity index (χ4v) is 8.32. The Morgan fingerprint density at radius 3 is 2.44 bits per heavy atom. The van der Waals surface area contributed by atoms with Crippen molar-refractivity contribution >= 4 is 36.1 Å². The van der Waals surface area contributed by atoms with Gasteiger partial charge in [0.2, 0.25) is 11.8 Å². The number of methoxy groups -OCH3 is 1. The molecule has 3 atom stereocenters. The van der Waals surface area contributed by atoms with Gasteiger partial charge < -0.3 is 34.2 Å². The van der Waals surface area contributed by atoms with E-state index in [2.05, 4.69) is 10.3 Å². The number of aromatic nitrogens is 2. The lowest BCUT2D eigenvalue weighted by atomic mass is 9.86. The number of nitrogens with zero attached hydrogens (tertiary/aromatic N) is 4. The third-order valence-corrected chi connectivity index (χ3v) is 11.9. The van der Waals surface area contributed by atoms with Crippen molar-refractivity contribution in [3.63, 3.8) is 0 Å². The van der Waals surface area contributed by atoms with Gasteiger partial charge in [-0.15, -0.1) is 0 Å². The zero-order valence-corrected chi connectivity index (χ0v) is 27.5. The molecule has 4 heterocycles. The van der Waals surface area contributed by atoms with Gasteiger partial charge in [0.05, 0.1) is 13.1 Å². The number of carbonyl (C=O) groups excluding carboxylic acids is 3. The highest BCUT2D eigenvalue weighted by Crippen LogP contribution is 2.59. The second kappa shape index (κ2) is 11.4. The average molecular weight is 686 g/mol. The van der Waals surface area contributed by atoms with Crippen molar-refractivity contribution in [2.75, 3.05) is 20.2 Å². The molecule has 3 N–H and O–H groups in total. The number of aryl methyl sites for hydroxylation is 1. The average Bonchev–Trinajstić information content (AvgIpc) is 3.45. The third-order valence-electron chi connectivity index (χ3n) is 10.9. The van der Waals surface area contributed by atoms with Gasteiger partial charge in [-0.1, -0.05) is 18.2 Å². The summed E-state index contributed by atoms with van der Waals surface area (Å²) in [4.78, 5) is 68.1. The van der Waals surface area contributed by atoms with E-state index in [0.717, 1.165) is 43.6 Å². The molecule has 2 aromatic carbocycles. The van der Waals surface area contributed by atoms with Gasteiger partial charge in [-0.2, -0.15) is 8.78 Å². The van der Waals surface area contributed by atoms with E-state index in [1.54, 1.807) is 29.2 Å². The highest BCUT2D eigenvalue weighted by atomic mass is 31.2. The van der Waals surface area contributed by atoms with Crippen LogP contribution in [0.5, 0.6) is 0 Å². The number of benzene rings is 2. The van der Waals surface area contributed by atoms with Crippen LogP contribution >= 0.6 is 7.60 Å². The summed E-state index contributed by atoms with van der Waals surface area (Å²) in [5.74, 6) is -0.321. The van der Waals surface area contributed by atoms with Gasteiger partial charge in [-0.25, -0.2) is 4.98 Å². The summed E-state index contributed by atoms with van der Waals surface area (Å²) in [7, 11) is -2.32. The SMILES string of the molecule is COC1(c2nccn2C)CN(C(=O)[C@@H]2CC[C@@H]3CCC4(CC4)CC(NC(=O)c4ccc5ccc(C(F)(F)P(=O)(O)O)cc5c4)C(=O)N32)C1. The van der Waals surface area contributed by atoms with Crippen molar-refractivity contribution in [2.24, 2.45) is 12.5 Å². The predicted molar refractivity (Wildman–Crippen MR) is 169 cm³/mol. The monoisotopic (exact) mass is 685 g/mol. The zero-order chi connectivity index (χ0) is 34.2. The Balaban J connectivity index is 1.11. The number of alkyl halides is 2. The largest absolute Gasteiger partial charge is 0.399 e. The van der Waals surface area contributed by atoms with E-state index in [1.165, 1.54) is 18.2 Å². The summed E-state index contributed by atoms with van der Waals surface area (Å²) < 4.78 is 48.0. The van der Waals surface area contributed by atoms with Crippen LogP contribution in [0.2, 0.25) is 0 Å². The predicted octanol–water partition coefficient (Wildman–Crippen LogP) is 3.61. The molecule has 4 aliphatic rings. The summed E-state index contributed by atoms with van der Waals surface area (Å²) >= 11 is 0. The fourth-order valence-electron chi connectivity index (χ4n) is 7.85. The molecule has 15 heteroatoms. The number of carbonyl (C=O) groups is 3. The fraction of sp³-hybridized carbons (Fsp3) is 0.515. The van der Waals surface area contributed by atoms with Gasteiger partial charge in [-0.3, -0.25) is 18.9 Å². The lowest BCUT2D eigenvalue weighted by molar-refractivity contribution is -0.173. The van der Waals surface area contributed by atoms with Crippen LogP contribution in [-0.2, 0) is 37.2 Å². The Morgan fingerprint density at radius 1 is 1.06 bits per heavy atom. The Kier molecular flexibility index (Phi) is 7.82. The smallest absolute Gasteiger partial charge is 0.367 e. The number of hydrogen-bond donors (Lipinski definition) is 3. The van der Waals surface area contributed by atoms with Crippen molar-refractivity contribution in [2.45, 2.75) is 74.3 Å². The first-order valence-electron chi connectivity index (χ1n) is 16.1. The van der Waals surface area contributed by atoms with Gasteiger partial charge in [0.15, 0.2) is 5.60 Å². The van der Waals surface area contributed by atoms with Crippen molar-refractivity contribution in [3.8, 4) is 0 Å². The van der Waals surface area contributed by atoms with E-state index in [0.29, 0.717) is 37.7 Å². The summed E-state index contributed by atoms with van der Waals surface area (Å²) in [5, 5.41) is 3.58. The molecule has 3 saturated heterocycles. The number of halogens is 2. The molecular formula is C33H38F2N5O7P. The number of imidazole rings is 1. The summed E-state index contributed by atoms with van der Waals surface area (Å²) in [5.41, 5.74) is -5.94. The molecular weight excluding hydrogens is 647 g/mol. The normalized spacial score (nSPS) is 25.0. The number of amides is 3. The Labute approximate surface area is 275 Å². The van der Waals surface area contributed by atoms with Crippen molar-refractivity contribution in [1.29, 1.82) is 0 Å². The molecule has 1 unspecified atom stereocenters. The van der Waals surface area contributed by atoms with E-state index < -0.39 is 42.4 Å². The first kappa shape index (κ1) is 32.8. The molecule has 3 aliphatic heterocycles. The Morgan fingerprint density at radius 2 is 1.79 bits per heavy atom. The maximum atomic E-state index is 14.4. The highest BCUT2D eigenvalue weighted by Gasteiger charge is 2.56. The number of ether oxygens (including phenoxy) is 1. The zero-order valence-electron chi connectivity index (χ0n) is 26.6. The number of hydrogen-bond acceptors (Lipinski definition) is 6. The highest BCUT2D eigenvalue weighted by molar-refractivity contribution is 7.52. The molecule has 3 aromatic rings. The van der Waals surface area contributed by atoms with Gasteiger partial charge in [0.1, 0.15) is 17.9 Å². The number of fused-ring (bicyclic) bond motifs is 2. The lowest BCUT2D eigenvalue weighted by Gasteiger charge is -2.49. The minimum atomic E-state index is -5.78. The molecule has 1 aliphatic carbocycles. The van der Waals surface area contributed by atoms with Crippen molar-refractivity contribution in [3.05, 3.63) is 65.7 Å². The van der Waals surface area contributed by atoms with Gasteiger partial charge in [0.25, 0.3) is 5.91 Å². The first-order valence-corrected chi connectivity index (χ1v) is 17.7. The topological polar surface area (TPSA) is 154 Å². The van der Waals surface area contributed by atoms with Gasteiger partial charge in [-0.05, 0) is 79.3 Å². The molecule has 0 bridgehead atoms. The van der Waals surface area contributed by atoms with Crippen LogP contribution in [0.15, 0.2) is 48.8 Å². The van der Waals surface area contributed by atoms with Crippen molar-refractivity contribution < 1.29 is 42.3 Å². The van der Waals surface area contributed by atoms with E-state index >= 15 is 0 Å². The van der Waals surface area contributed by atoms with Crippen molar-refractivity contribution in [1.82, 2.24) is 24.7 Å². The van der Waals surface area contributed by atoms with Gasteiger partial charge in [0, 0.05) is 43.7 Å². The van der Waals surface area contributed by atoms with Crippen LogP contribution in [0, 0.1) is 5.41 Å². The number of nitrogens with one attached hydrogen (secondary N) is 1. The van der Waals surface area contributed by atoms with Crippen LogP contribution in [0.3, 0.4) is 0 Å². The summed E-state index contributed by atoms with van der Waals surface area (Å²) in [6.07, 6.45) is 8.73. The summed E-state index contributed by atoms with van der Waals surface area (Å²) in [6.45, 7) is 0.618. The minimum absolute atomic E-state index is 0.0498. The summed E-state index contributed by atoms with van der Waals surface area (Å²) in [6, 6.07) is 5.96. The molecule has 3 amide bonds. The molecule has 48 heavy (non-hydrogen) atoms. The van der Waals surface area contributed by atoms with E-state index in [-0.39, 0.29) is 34.2 Å². The Hall–Kier alpha value is -3.71. The molecule has 0 radical (unpaired) electrons. The Bertz CT molecular complexity index is 1850. The molecule has 12 nitrogen and oxygen atoms in total. The van der Waals surface area contributed by atoms with Crippen LogP contribution < -0.4 is 5.32 Å². The molecule has 7 rings (SSSR count). The van der Waals surface area contributed by atoms with E-state index in [4.69, 9.17) is 4.74 Å². The van der Waals surface area contributed by atoms with Crippen LogP contribution in [-0.4, -0.2) is 85.2 Å². The van der Waals surface area contributed by atoms with E-state index in [9.17, 15) is 37.5 Å². The lowest BCUT2D eigenvalue weighted by Crippen LogP contribution is -2.66. The molecule has 4 fully saturated rings. The second-order valence-corrected chi connectivity index (χ2v) is 15.5. The maximum absolute atomic E-state index is 14.4. The quantitative estimate of drug-likeness (QED) is 0.319.